The SMILES string of the molecule is Cc1ccccc1Nc1nc(N)nc(COC(=O)c2[nH]c(C)c([C@@H](C)O)c2C)n1. The van der Waals surface area contributed by atoms with Crippen molar-refractivity contribution in [2.24, 2.45) is 0 Å². The summed E-state index contributed by atoms with van der Waals surface area (Å²) in [5, 5.41) is 13.0. The second-order valence-electron chi connectivity index (χ2n) is 6.79. The molecule has 2 aromatic heterocycles. The minimum absolute atomic E-state index is 0.0189. The monoisotopic (exact) mass is 396 g/mol. The number of carbonyl (C=O) groups is 1. The highest BCUT2D eigenvalue weighted by atomic mass is 16.5. The molecule has 9 heteroatoms. The Morgan fingerprint density at radius 1 is 1.24 bits per heavy atom. The highest BCUT2D eigenvalue weighted by Gasteiger charge is 2.21. The predicted molar refractivity (Wildman–Crippen MR) is 109 cm³/mol. The number of H-pyrrole nitrogens is 1. The van der Waals surface area contributed by atoms with Gasteiger partial charge in [-0.3, -0.25) is 0 Å². The average molecular weight is 396 g/mol. The molecule has 29 heavy (non-hydrogen) atoms. The molecule has 5 N–H and O–H groups in total. The molecule has 0 aliphatic carbocycles. The molecule has 0 fully saturated rings. The van der Waals surface area contributed by atoms with Crippen molar-refractivity contribution in [3.8, 4) is 0 Å². The van der Waals surface area contributed by atoms with Crippen LogP contribution in [0.3, 0.4) is 0 Å². The molecule has 0 unspecified atom stereocenters. The number of carbonyl (C=O) groups excluding carboxylic acids is 1. The fourth-order valence-corrected chi connectivity index (χ4v) is 3.19. The van der Waals surface area contributed by atoms with Crippen LogP contribution >= 0.6 is 0 Å². The molecule has 1 aromatic carbocycles. The van der Waals surface area contributed by atoms with E-state index in [0.717, 1.165) is 16.9 Å². The first kappa shape index (κ1) is 20.3. The summed E-state index contributed by atoms with van der Waals surface area (Å²) < 4.78 is 5.34. The van der Waals surface area contributed by atoms with E-state index in [9.17, 15) is 9.90 Å². The maximum Gasteiger partial charge on any atom is 0.355 e. The third kappa shape index (κ3) is 4.52. The van der Waals surface area contributed by atoms with Crippen LogP contribution in [0.4, 0.5) is 17.6 Å². The predicted octanol–water partition coefficient (Wildman–Crippen LogP) is 2.86. The molecule has 3 aromatic rings. The van der Waals surface area contributed by atoms with Gasteiger partial charge >= 0.3 is 5.97 Å². The van der Waals surface area contributed by atoms with Gasteiger partial charge in [-0.2, -0.15) is 15.0 Å². The number of hydrogen-bond donors (Lipinski definition) is 4. The number of aromatic amines is 1. The van der Waals surface area contributed by atoms with Crippen molar-refractivity contribution < 1.29 is 14.6 Å². The highest BCUT2D eigenvalue weighted by molar-refractivity contribution is 5.89. The van der Waals surface area contributed by atoms with E-state index in [-0.39, 0.29) is 24.3 Å². The number of anilines is 3. The summed E-state index contributed by atoms with van der Waals surface area (Å²) in [5.41, 5.74) is 9.98. The van der Waals surface area contributed by atoms with E-state index in [2.05, 4.69) is 25.3 Å². The average Bonchev–Trinajstić information content (AvgIpc) is 2.95. The number of nitrogen functional groups attached to an aromatic ring is 1. The van der Waals surface area contributed by atoms with E-state index in [4.69, 9.17) is 10.5 Å². The number of rotatable bonds is 6. The molecule has 0 aliphatic rings. The molecule has 0 bridgehead atoms. The van der Waals surface area contributed by atoms with Crippen molar-refractivity contribution in [3.63, 3.8) is 0 Å². The Morgan fingerprint density at radius 2 is 1.97 bits per heavy atom. The lowest BCUT2D eigenvalue weighted by atomic mass is 10.1. The molecule has 152 valence electrons. The van der Waals surface area contributed by atoms with E-state index >= 15 is 0 Å². The van der Waals surface area contributed by atoms with Crippen LogP contribution in [0.1, 0.15) is 51.7 Å². The number of aliphatic hydroxyl groups is 1. The Hall–Kier alpha value is -3.46. The zero-order valence-corrected chi connectivity index (χ0v) is 16.8. The van der Waals surface area contributed by atoms with Crippen LogP contribution in [0.25, 0.3) is 0 Å². The van der Waals surface area contributed by atoms with Gasteiger partial charge in [-0.15, -0.1) is 0 Å². The van der Waals surface area contributed by atoms with Crippen molar-refractivity contribution in [3.05, 3.63) is 58.2 Å². The Kier molecular flexibility index (Phi) is 5.79. The van der Waals surface area contributed by atoms with Gasteiger partial charge in [0, 0.05) is 16.9 Å². The van der Waals surface area contributed by atoms with Crippen molar-refractivity contribution >= 4 is 23.6 Å². The van der Waals surface area contributed by atoms with E-state index in [1.54, 1.807) is 20.8 Å². The van der Waals surface area contributed by atoms with Crippen LogP contribution in [-0.2, 0) is 11.3 Å². The van der Waals surface area contributed by atoms with Gasteiger partial charge in [0.2, 0.25) is 11.9 Å². The van der Waals surface area contributed by atoms with Crippen LogP contribution in [0.15, 0.2) is 24.3 Å². The largest absolute Gasteiger partial charge is 0.453 e. The number of nitrogens with two attached hydrogens (primary N) is 1. The maximum absolute atomic E-state index is 12.5. The van der Waals surface area contributed by atoms with Gasteiger partial charge in [-0.05, 0) is 44.9 Å². The van der Waals surface area contributed by atoms with Crippen molar-refractivity contribution in [2.75, 3.05) is 11.1 Å². The third-order valence-corrected chi connectivity index (χ3v) is 4.54. The maximum atomic E-state index is 12.5. The van der Waals surface area contributed by atoms with Crippen LogP contribution in [0, 0.1) is 20.8 Å². The molecule has 0 radical (unpaired) electrons. The van der Waals surface area contributed by atoms with Gasteiger partial charge in [-0.25, -0.2) is 4.79 Å². The molecule has 0 saturated carbocycles. The van der Waals surface area contributed by atoms with Gasteiger partial charge < -0.3 is 25.9 Å². The highest BCUT2D eigenvalue weighted by Crippen LogP contribution is 2.25. The first-order valence-electron chi connectivity index (χ1n) is 9.13. The molecule has 0 spiro atoms. The van der Waals surface area contributed by atoms with Crippen LogP contribution < -0.4 is 11.1 Å². The van der Waals surface area contributed by atoms with E-state index in [1.807, 2.05) is 31.2 Å². The quantitative estimate of drug-likeness (QED) is 0.466. The van der Waals surface area contributed by atoms with Gasteiger partial charge in [0.1, 0.15) is 5.69 Å². The molecule has 0 amide bonds. The fraction of sp³-hybridized carbons (Fsp3) is 0.300. The molecular weight excluding hydrogens is 372 g/mol. The first-order chi connectivity index (χ1) is 13.8. The number of nitrogens with zero attached hydrogens (tertiary/aromatic N) is 3. The standard InChI is InChI=1S/C20H24N6O3/c1-10-7-5-6-8-14(10)23-20-25-15(24-19(21)26-20)9-29-18(28)17-11(2)16(13(4)27)12(3)22-17/h5-8,13,22,27H,9H2,1-4H3,(H3,21,23,24,25,26)/t13-/m1/s1. The number of benzene rings is 1. The number of aliphatic hydroxyl groups excluding tert-OH is 1. The number of aromatic nitrogens is 4. The minimum Gasteiger partial charge on any atom is -0.453 e. The van der Waals surface area contributed by atoms with E-state index in [1.165, 1.54) is 0 Å². The third-order valence-electron chi connectivity index (χ3n) is 4.54. The summed E-state index contributed by atoms with van der Waals surface area (Å²) in [6.07, 6.45) is -0.689. The summed E-state index contributed by atoms with van der Waals surface area (Å²) in [4.78, 5) is 27.8. The molecule has 0 saturated heterocycles. The Labute approximate surface area is 168 Å². The summed E-state index contributed by atoms with van der Waals surface area (Å²) in [6, 6.07) is 7.67. The van der Waals surface area contributed by atoms with Gasteiger partial charge in [0.25, 0.3) is 0 Å². The van der Waals surface area contributed by atoms with Crippen LogP contribution in [-0.4, -0.2) is 31.0 Å². The summed E-state index contributed by atoms with van der Waals surface area (Å²) in [5.74, 6) is -0.0601. The van der Waals surface area contributed by atoms with Crippen LogP contribution in [0.5, 0.6) is 0 Å². The molecule has 3 rings (SSSR count). The van der Waals surface area contributed by atoms with Crippen LogP contribution in [0.2, 0.25) is 0 Å². The Morgan fingerprint density at radius 3 is 2.62 bits per heavy atom. The number of nitrogens with one attached hydrogen (secondary N) is 2. The minimum atomic E-state index is -0.689. The molecule has 9 nitrogen and oxygen atoms in total. The fourth-order valence-electron chi connectivity index (χ4n) is 3.19. The van der Waals surface area contributed by atoms with Crippen molar-refractivity contribution in [2.45, 2.75) is 40.4 Å². The number of hydrogen-bond acceptors (Lipinski definition) is 8. The molecule has 2 heterocycles. The van der Waals surface area contributed by atoms with Crippen molar-refractivity contribution in [1.82, 2.24) is 19.9 Å². The lowest BCUT2D eigenvalue weighted by Crippen LogP contribution is -2.12. The molecule has 1 atom stereocenters. The van der Waals surface area contributed by atoms with Gasteiger partial charge in [-0.1, -0.05) is 18.2 Å². The summed E-state index contributed by atoms with van der Waals surface area (Å²) >= 11 is 0. The number of esters is 1. The lowest BCUT2D eigenvalue weighted by Gasteiger charge is -2.10. The zero-order chi connectivity index (χ0) is 21.1. The second kappa shape index (κ2) is 8.27. The second-order valence-corrected chi connectivity index (χ2v) is 6.79. The Bertz CT molecular complexity index is 1040. The van der Waals surface area contributed by atoms with Gasteiger partial charge in [0.05, 0.1) is 6.10 Å². The molecule has 0 aliphatic heterocycles. The van der Waals surface area contributed by atoms with Gasteiger partial charge in [0.15, 0.2) is 12.4 Å². The Balaban J connectivity index is 1.74. The van der Waals surface area contributed by atoms with Crippen molar-refractivity contribution in [1.29, 1.82) is 0 Å². The smallest absolute Gasteiger partial charge is 0.355 e. The topological polar surface area (TPSA) is 139 Å². The zero-order valence-electron chi connectivity index (χ0n) is 16.8. The number of ether oxygens (including phenoxy) is 1. The lowest BCUT2D eigenvalue weighted by molar-refractivity contribution is 0.0455. The van der Waals surface area contributed by atoms with E-state index in [0.29, 0.717) is 16.8 Å². The van der Waals surface area contributed by atoms with E-state index < -0.39 is 12.1 Å². The summed E-state index contributed by atoms with van der Waals surface area (Å²) in [7, 11) is 0. The number of para-hydroxylation sites is 1. The normalized spacial score (nSPS) is 11.9. The first-order valence-corrected chi connectivity index (χ1v) is 9.13. The molecular formula is C20H24N6O3. The number of aryl methyl sites for hydroxylation is 2. The summed E-state index contributed by atoms with van der Waals surface area (Å²) in [6.45, 7) is 6.98.